The fraction of sp³-hybridized carbons (Fsp3) is 0.688. The molecule has 1 aliphatic carbocycles. The van der Waals surface area contributed by atoms with E-state index in [9.17, 15) is 0 Å². The van der Waals surface area contributed by atoms with Crippen molar-refractivity contribution in [3.05, 3.63) is 17.8 Å². The average molecular weight is 259 g/mol. The van der Waals surface area contributed by atoms with Gasteiger partial charge in [0.1, 0.15) is 0 Å². The maximum atomic E-state index is 6.16. The van der Waals surface area contributed by atoms with Gasteiger partial charge in [0.05, 0.1) is 5.69 Å². The fourth-order valence-corrected chi connectivity index (χ4v) is 4.49. The molecule has 3 heteroatoms. The number of fused-ring (bicyclic) bond motifs is 2. The molecule has 0 spiro atoms. The topological polar surface area (TPSA) is 42.1 Å². The number of nitrogen functional groups attached to an aromatic ring is 1. The highest BCUT2D eigenvalue weighted by Gasteiger charge is 2.50. The van der Waals surface area contributed by atoms with Crippen molar-refractivity contribution >= 4 is 11.5 Å². The molecule has 3 rings (SSSR count). The summed E-state index contributed by atoms with van der Waals surface area (Å²) in [5.74, 6) is 1.01. The molecule has 104 valence electrons. The van der Waals surface area contributed by atoms with Crippen molar-refractivity contribution in [2.45, 2.75) is 53.0 Å². The highest BCUT2D eigenvalue weighted by atomic mass is 15.3. The quantitative estimate of drug-likeness (QED) is 0.840. The van der Waals surface area contributed by atoms with Crippen LogP contribution in [-0.4, -0.2) is 17.6 Å². The molecule has 0 aromatic carbocycles. The van der Waals surface area contributed by atoms with E-state index in [0.29, 0.717) is 16.9 Å². The zero-order chi connectivity index (χ0) is 13.8. The Labute approximate surface area is 116 Å². The molecule has 2 atom stereocenters. The summed E-state index contributed by atoms with van der Waals surface area (Å²) >= 11 is 0. The van der Waals surface area contributed by atoms with Crippen molar-refractivity contribution in [1.82, 2.24) is 4.98 Å². The molecule has 2 heterocycles. The number of hydrogen-bond donors (Lipinski definition) is 1. The Balaban J connectivity index is 1.97. The molecule has 0 amide bonds. The second kappa shape index (κ2) is 3.87. The number of aromatic nitrogens is 1. The van der Waals surface area contributed by atoms with Gasteiger partial charge in [0, 0.05) is 18.3 Å². The lowest BCUT2D eigenvalue weighted by Gasteiger charge is -2.39. The summed E-state index contributed by atoms with van der Waals surface area (Å²) in [6.07, 6.45) is 3.84. The standard InChI is InChI=1S/C16H25N3/c1-11-5-6-13(17)14(18-11)19-10-16(4)8-12(19)7-15(2,3)9-16/h5-6,12H,7-10,17H2,1-4H3. The molecule has 0 radical (unpaired) electrons. The van der Waals surface area contributed by atoms with Crippen LogP contribution in [0.25, 0.3) is 0 Å². The molecule has 2 bridgehead atoms. The maximum absolute atomic E-state index is 6.16. The van der Waals surface area contributed by atoms with Crippen LogP contribution in [0.5, 0.6) is 0 Å². The van der Waals surface area contributed by atoms with Gasteiger partial charge >= 0.3 is 0 Å². The Hall–Kier alpha value is -1.25. The van der Waals surface area contributed by atoms with E-state index in [0.717, 1.165) is 23.7 Å². The molecule has 19 heavy (non-hydrogen) atoms. The highest BCUT2D eigenvalue weighted by molar-refractivity contribution is 5.64. The molecule has 1 aromatic heterocycles. The Bertz CT molecular complexity index is 509. The SMILES string of the molecule is Cc1ccc(N)c(N2CC3(C)CC2CC(C)(C)C3)n1. The number of hydrogen-bond acceptors (Lipinski definition) is 3. The monoisotopic (exact) mass is 259 g/mol. The van der Waals surface area contributed by atoms with Crippen molar-refractivity contribution < 1.29 is 0 Å². The molecule has 1 saturated heterocycles. The molecular formula is C16H25N3. The van der Waals surface area contributed by atoms with Crippen LogP contribution in [0, 0.1) is 17.8 Å². The van der Waals surface area contributed by atoms with Gasteiger partial charge in [0.15, 0.2) is 5.82 Å². The van der Waals surface area contributed by atoms with Gasteiger partial charge in [-0.1, -0.05) is 20.8 Å². The van der Waals surface area contributed by atoms with Gasteiger partial charge in [-0.3, -0.25) is 0 Å². The van der Waals surface area contributed by atoms with E-state index >= 15 is 0 Å². The number of nitrogens with two attached hydrogens (primary N) is 1. The van der Waals surface area contributed by atoms with E-state index in [4.69, 9.17) is 10.7 Å². The maximum Gasteiger partial charge on any atom is 0.152 e. The third-order valence-electron chi connectivity index (χ3n) is 4.73. The number of anilines is 2. The molecule has 1 aromatic rings. The van der Waals surface area contributed by atoms with Crippen molar-refractivity contribution in [2.75, 3.05) is 17.2 Å². The van der Waals surface area contributed by atoms with Crippen LogP contribution < -0.4 is 10.6 Å². The average Bonchev–Trinajstić information content (AvgIpc) is 2.51. The van der Waals surface area contributed by atoms with Gasteiger partial charge in [-0.15, -0.1) is 0 Å². The van der Waals surface area contributed by atoms with Gasteiger partial charge in [0.2, 0.25) is 0 Å². The molecule has 2 fully saturated rings. The molecule has 2 unspecified atom stereocenters. The van der Waals surface area contributed by atoms with Gasteiger partial charge < -0.3 is 10.6 Å². The molecule has 2 N–H and O–H groups in total. The van der Waals surface area contributed by atoms with Crippen LogP contribution in [0.3, 0.4) is 0 Å². The lowest BCUT2D eigenvalue weighted by molar-refractivity contribution is 0.136. The first-order chi connectivity index (χ1) is 8.78. The summed E-state index contributed by atoms with van der Waals surface area (Å²) < 4.78 is 0. The van der Waals surface area contributed by atoms with Gasteiger partial charge in [-0.05, 0) is 49.1 Å². The van der Waals surface area contributed by atoms with E-state index in [2.05, 4.69) is 25.7 Å². The van der Waals surface area contributed by atoms with Gasteiger partial charge in [-0.25, -0.2) is 4.98 Å². The lowest BCUT2D eigenvalue weighted by Crippen LogP contribution is -2.35. The second-order valence-electron chi connectivity index (χ2n) is 7.71. The smallest absolute Gasteiger partial charge is 0.152 e. The third kappa shape index (κ3) is 2.19. The fourth-order valence-electron chi connectivity index (χ4n) is 4.49. The summed E-state index contributed by atoms with van der Waals surface area (Å²) in [5, 5.41) is 0. The summed E-state index contributed by atoms with van der Waals surface area (Å²) in [6.45, 7) is 10.4. The normalized spacial score (nSPS) is 32.6. The van der Waals surface area contributed by atoms with E-state index in [1.165, 1.54) is 19.3 Å². The third-order valence-corrected chi connectivity index (χ3v) is 4.73. The highest BCUT2D eigenvalue weighted by Crippen LogP contribution is 2.53. The number of pyridine rings is 1. The van der Waals surface area contributed by atoms with Crippen LogP contribution in [0.15, 0.2) is 12.1 Å². The van der Waals surface area contributed by atoms with Crippen molar-refractivity contribution in [3.8, 4) is 0 Å². The van der Waals surface area contributed by atoms with E-state index in [-0.39, 0.29) is 0 Å². The molecule has 1 saturated carbocycles. The first-order valence-corrected chi connectivity index (χ1v) is 7.28. The largest absolute Gasteiger partial charge is 0.396 e. The second-order valence-corrected chi connectivity index (χ2v) is 7.71. The van der Waals surface area contributed by atoms with Gasteiger partial charge in [0.25, 0.3) is 0 Å². The predicted molar refractivity (Wildman–Crippen MR) is 80.3 cm³/mol. The van der Waals surface area contributed by atoms with E-state index in [1.54, 1.807) is 0 Å². The van der Waals surface area contributed by atoms with Crippen molar-refractivity contribution in [3.63, 3.8) is 0 Å². The first kappa shape index (κ1) is 12.8. The predicted octanol–water partition coefficient (Wildman–Crippen LogP) is 3.38. The molecule has 3 nitrogen and oxygen atoms in total. The van der Waals surface area contributed by atoms with Gasteiger partial charge in [-0.2, -0.15) is 0 Å². The minimum absolute atomic E-state index is 0.421. The van der Waals surface area contributed by atoms with E-state index < -0.39 is 0 Å². The summed E-state index contributed by atoms with van der Waals surface area (Å²) in [5.41, 5.74) is 8.89. The summed E-state index contributed by atoms with van der Waals surface area (Å²) in [7, 11) is 0. The van der Waals surface area contributed by atoms with Crippen LogP contribution in [0.2, 0.25) is 0 Å². The Morgan fingerprint density at radius 2 is 2.00 bits per heavy atom. The Kier molecular flexibility index (Phi) is 2.60. The lowest BCUT2D eigenvalue weighted by atomic mass is 9.65. The van der Waals surface area contributed by atoms with Crippen molar-refractivity contribution in [2.24, 2.45) is 10.8 Å². The van der Waals surface area contributed by atoms with Crippen LogP contribution in [-0.2, 0) is 0 Å². The molecule has 1 aliphatic heterocycles. The van der Waals surface area contributed by atoms with Crippen LogP contribution in [0.4, 0.5) is 11.5 Å². The minimum Gasteiger partial charge on any atom is -0.396 e. The number of nitrogens with zero attached hydrogens (tertiary/aromatic N) is 2. The van der Waals surface area contributed by atoms with Crippen LogP contribution >= 0.6 is 0 Å². The van der Waals surface area contributed by atoms with Crippen LogP contribution in [0.1, 0.15) is 45.7 Å². The Morgan fingerprint density at radius 1 is 1.26 bits per heavy atom. The van der Waals surface area contributed by atoms with E-state index in [1.807, 2.05) is 19.1 Å². The Morgan fingerprint density at radius 3 is 2.74 bits per heavy atom. The summed E-state index contributed by atoms with van der Waals surface area (Å²) in [4.78, 5) is 7.16. The first-order valence-electron chi connectivity index (χ1n) is 7.28. The summed E-state index contributed by atoms with van der Waals surface area (Å²) in [6, 6.07) is 4.59. The van der Waals surface area contributed by atoms with Crippen molar-refractivity contribution in [1.29, 1.82) is 0 Å². The zero-order valence-corrected chi connectivity index (χ0v) is 12.5. The zero-order valence-electron chi connectivity index (χ0n) is 12.5. The minimum atomic E-state index is 0.421. The molecule has 2 aliphatic rings. The number of rotatable bonds is 1. The molecular weight excluding hydrogens is 234 g/mol. The number of aryl methyl sites for hydroxylation is 1.